The minimum atomic E-state index is -0.263. The van der Waals surface area contributed by atoms with Gasteiger partial charge in [-0.1, -0.05) is 0 Å². The van der Waals surface area contributed by atoms with Gasteiger partial charge in [-0.2, -0.15) is 5.26 Å². The maximum Gasteiger partial charge on any atom is 0.247 e. The van der Waals surface area contributed by atoms with Crippen LogP contribution in [0.2, 0.25) is 0 Å². The highest BCUT2D eigenvalue weighted by Crippen LogP contribution is 2.32. The second kappa shape index (κ2) is 4.44. The van der Waals surface area contributed by atoms with Crippen LogP contribution >= 0.6 is 0 Å². The standard InChI is InChI=1S/C12H14N4O/c1-16-10(4-5-13)12(17)15-9-3-2-8(7-14)6-11(9)16/h2-3,6,10H,4-5,13H2,1H3,(H,15,17). The molecule has 1 aromatic rings. The zero-order valence-corrected chi connectivity index (χ0v) is 9.60. The van der Waals surface area contributed by atoms with Gasteiger partial charge in [0.05, 0.1) is 23.0 Å². The molecule has 3 N–H and O–H groups in total. The zero-order chi connectivity index (χ0) is 12.4. The first kappa shape index (κ1) is 11.4. The number of carbonyl (C=O) groups is 1. The SMILES string of the molecule is CN1c2cc(C#N)ccc2NC(=O)C1CCN. The van der Waals surface area contributed by atoms with Crippen molar-refractivity contribution in [2.24, 2.45) is 5.73 Å². The second-order valence-corrected chi connectivity index (χ2v) is 4.04. The fourth-order valence-corrected chi connectivity index (χ4v) is 2.04. The van der Waals surface area contributed by atoms with Crippen LogP contribution in [0.15, 0.2) is 18.2 Å². The van der Waals surface area contributed by atoms with Crippen LogP contribution in [0.25, 0.3) is 0 Å². The van der Waals surface area contributed by atoms with Crippen LogP contribution in [0.1, 0.15) is 12.0 Å². The van der Waals surface area contributed by atoms with E-state index in [0.717, 1.165) is 11.4 Å². The van der Waals surface area contributed by atoms with Gasteiger partial charge in [0.15, 0.2) is 0 Å². The third-order valence-corrected chi connectivity index (χ3v) is 2.97. The van der Waals surface area contributed by atoms with Crippen LogP contribution in [0.5, 0.6) is 0 Å². The number of amides is 1. The summed E-state index contributed by atoms with van der Waals surface area (Å²) in [5.41, 5.74) is 7.69. The predicted octanol–water partition coefficient (Wildman–Crippen LogP) is 0.664. The lowest BCUT2D eigenvalue weighted by Gasteiger charge is -2.35. The minimum absolute atomic E-state index is 0.0462. The lowest BCUT2D eigenvalue weighted by atomic mass is 10.0. The molecule has 2 rings (SSSR count). The van der Waals surface area contributed by atoms with Crippen molar-refractivity contribution >= 4 is 17.3 Å². The largest absolute Gasteiger partial charge is 0.361 e. The Kier molecular flexibility index (Phi) is 2.98. The number of hydrogen-bond donors (Lipinski definition) is 2. The molecule has 0 spiro atoms. The van der Waals surface area contributed by atoms with Gasteiger partial charge in [-0.25, -0.2) is 0 Å². The number of anilines is 2. The fourth-order valence-electron chi connectivity index (χ4n) is 2.04. The molecule has 88 valence electrons. The van der Waals surface area contributed by atoms with Crippen molar-refractivity contribution in [3.05, 3.63) is 23.8 Å². The summed E-state index contributed by atoms with van der Waals surface area (Å²) in [6, 6.07) is 7.05. The first-order valence-electron chi connectivity index (χ1n) is 5.45. The molecule has 0 aliphatic carbocycles. The topological polar surface area (TPSA) is 82.2 Å². The molecule has 0 radical (unpaired) electrons. The summed E-state index contributed by atoms with van der Waals surface area (Å²) in [6.45, 7) is 0.454. The summed E-state index contributed by atoms with van der Waals surface area (Å²) >= 11 is 0. The van der Waals surface area contributed by atoms with Crippen LogP contribution in [-0.2, 0) is 4.79 Å². The van der Waals surface area contributed by atoms with E-state index >= 15 is 0 Å². The maximum atomic E-state index is 11.8. The predicted molar refractivity (Wildman–Crippen MR) is 65.6 cm³/mol. The van der Waals surface area contributed by atoms with E-state index in [1.165, 1.54) is 0 Å². The van der Waals surface area contributed by atoms with E-state index in [9.17, 15) is 4.79 Å². The van der Waals surface area contributed by atoms with E-state index in [1.807, 2.05) is 11.9 Å². The van der Waals surface area contributed by atoms with Crippen LogP contribution in [-0.4, -0.2) is 25.5 Å². The Bertz CT molecular complexity index is 492. The van der Waals surface area contributed by atoms with Crippen molar-refractivity contribution in [2.45, 2.75) is 12.5 Å². The van der Waals surface area contributed by atoms with Crippen LogP contribution in [0.4, 0.5) is 11.4 Å². The minimum Gasteiger partial charge on any atom is -0.361 e. The number of likely N-dealkylation sites (N-methyl/N-ethyl adjacent to an activating group) is 1. The summed E-state index contributed by atoms with van der Waals surface area (Å²) in [5.74, 6) is -0.0462. The molecule has 0 saturated heterocycles. The highest BCUT2D eigenvalue weighted by atomic mass is 16.2. The fraction of sp³-hybridized carbons (Fsp3) is 0.333. The molecule has 0 fully saturated rings. The number of benzene rings is 1. The van der Waals surface area contributed by atoms with E-state index in [-0.39, 0.29) is 11.9 Å². The summed E-state index contributed by atoms with van der Waals surface area (Å²) in [4.78, 5) is 13.7. The molecule has 1 aliphatic heterocycles. The lowest BCUT2D eigenvalue weighted by Crippen LogP contribution is -2.47. The average molecular weight is 230 g/mol. The number of nitriles is 1. The number of hydrogen-bond acceptors (Lipinski definition) is 4. The first-order valence-corrected chi connectivity index (χ1v) is 5.45. The lowest BCUT2D eigenvalue weighted by molar-refractivity contribution is -0.117. The molecule has 0 bridgehead atoms. The molecule has 1 atom stereocenters. The van der Waals surface area contributed by atoms with Gasteiger partial charge in [-0.15, -0.1) is 0 Å². The highest BCUT2D eigenvalue weighted by molar-refractivity contribution is 6.03. The van der Waals surface area contributed by atoms with Gasteiger partial charge >= 0.3 is 0 Å². The molecule has 1 unspecified atom stereocenters. The number of carbonyl (C=O) groups excluding carboxylic acids is 1. The second-order valence-electron chi connectivity index (χ2n) is 4.04. The van der Waals surface area contributed by atoms with Gasteiger partial charge in [-0.3, -0.25) is 4.79 Å². The molecule has 0 aromatic heterocycles. The van der Waals surface area contributed by atoms with Crippen LogP contribution in [0.3, 0.4) is 0 Å². The van der Waals surface area contributed by atoms with Crippen molar-refractivity contribution in [2.75, 3.05) is 23.8 Å². The molecule has 1 aliphatic rings. The normalized spacial score (nSPS) is 18.3. The number of fused-ring (bicyclic) bond motifs is 1. The van der Waals surface area contributed by atoms with Crippen LogP contribution in [0, 0.1) is 11.3 Å². The van der Waals surface area contributed by atoms with E-state index in [1.54, 1.807) is 18.2 Å². The van der Waals surface area contributed by atoms with E-state index in [2.05, 4.69) is 11.4 Å². The van der Waals surface area contributed by atoms with Crippen LogP contribution < -0.4 is 16.0 Å². The molecule has 1 amide bonds. The van der Waals surface area contributed by atoms with Crippen molar-refractivity contribution in [1.82, 2.24) is 0 Å². The molecule has 0 saturated carbocycles. The molecular formula is C12H14N4O. The highest BCUT2D eigenvalue weighted by Gasteiger charge is 2.29. The van der Waals surface area contributed by atoms with Crippen molar-refractivity contribution < 1.29 is 4.79 Å². The Morgan fingerprint density at radius 2 is 2.35 bits per heavy atom. The summed E-state index contributed by atoms with van der Waals surface area (Å²) in [6.07, 6.45) is 0.596. The Hall–Kier alpha value is -2.06. The van der Waals surface area contributed by atoms with Gasteiger partial charge < -0.3 is 16.0 Å². The summed E-state index contributed by atoms with van der Waals surface area (Å²) in [5, 5.41) is 11.7. The molecular weight excluding hydrogens is 216 g/mol. The zero-order valence-electron chi connectivity index (χ0n) is 9.60. The molecule has 5 heteroatoms. The molecule has 1 heterocycles. The molecule has 5 nitrogen and oxygen atoms in total. The molecule has 17 heavy (non-hydrogen) atoms. The third-order valence-electron chi connectivity index (χ3n) is 2.97. The van der Waals surface area contributed by atoms with Gasteiger partial charge in [0, 0.05) is 7.05 Å². The third kappa shape index (κ3) is 1.95. The van der Waals surface area contributed by atoms with E-state index in [4.69, 9.17) is 11.0 Å². The van der Waals surface area contributed by atoms with E-state index < -0.39 is 0 Å². The summed E-state index contributed by atoms with van der Waals surface area (Å²) < 4.78 is 0. The Balaban J connectivity index is 2.41. The first-order chi connectivity index (χ1) is 8.17. The van der Waals surface area contributed by atoms with Crippen molar-refractivity contribution in [3.63, 3.8) is 0 Å². The van der Waals surface area contributed by atoms with E-state index in [0.29, 0.717) is 18.5 Å². The van der Waals surface area contributed by atoms with Gasteiger partial charge in [-0.05, 0) is 31.2 Å². The van der Waals surface area contributed by atoms with Gasteiger partial charge in [0.25, 0.3) is 0 Å². The number of nitrogens with zero attached hydrogens (tertiary/aromatic N) is 2. The average Bonchev–Trinajstić information content (AvgIpc) is 2.34. The Morgan fingerprint density at radius 3 is 3.00 bits per heavy atom. The number of rotatable bonds is 2. The summed E-state index contributed by atoms with van der Waals surface area (Å²) in [7, 11) is 1.85. The van der Waals surface area contributed by atoms with Gasteiger partial charge in [0.1, 0.15) is 6.04 Å². The number of nitrogens with two attached hydrogens (primary N) is 1. The maximum absolute atomic E-state index is 11.8. The monoisotopic (exact) mass is 230 g/mol. The Morgan fingerprint density at radius 1 is 1.59 bits per heavy atom. The smallest absolute Gasteiger partial charge is 0.247 e. The van der Waals surface area contributed by atoms with Crippen molar-refractivity contribution in [3.8, 4) is 6.07 Å². The quantitative estimate of drug-likeness (QED) is 0.782. The van der Waals surface area contributed by atoms with Gasteiger partial charge in [0.2, 0.25) is 5.91 Å². The number of nitrogens with one attached hydrogen (secondary N) is 1. The Labute approximate surface area is 99.8 Å². The van der Waals surface area contributed by atoms with Crippen molar-refractivity contribution in [1.29, 1.82) is 5.26 Å². The molecule has 1 aromatic carbocycles.